The molecule has 1 atom stereocenters. The van der Waals surface area contributed by atoms with Gasteiger partial charge in [0.15, 0.2) is 0 Å². The van der Waals surface area contributed by atoms with E-state index >= 15 is 0 Å². The minimum absolute atomic E-state index is 0.387. The zero-order valence-electron chi connectivity index (χ0n) is 12.3. The Bertz CT molecular complexity index is 564. The summed E-state index contributed by atoms with van der Waals surface area (Å²) in [5, 5.41) is 3.59. The number of amides is 1. The Balaban J connectivity index is 2.69. The first kappa shape index (κ1) is 18.9. The molecule has 4 nitrogen and oxygen atoms in total. The fraction of sp³-hybridized carbons (Fsp3) is 0.333. The van der Waals surface area contributed by atoms with Crippen LogP contribution >= 0.6 is 35.0 Å². The van der Waals surface area contributed by atoms with E-state index in [2.05, 4.69) is 10.1 Å². The van der Waals surface area contributed by atoms with E-state index in [-0.39, 0.29) is 5.91 Å². The van der Waals surface area contributed by atoms with Crippen molar-refractivity contribution in [1.29, 1.82) is 0 Å². The maximum atomic E-state index is 11.9. The molecule has 1 amide bonds. The van der Waals surface area contributed by atoms with Crippen LogP contribution in [0.4, 0.5) is 0 Å². The molecule has 0 radical (unpaired) electrons. The van der Waals surface area contributed by atoms with Crippen molar-refractivity contribution in [2.24, 2.45) is 0 Å². The third-order valence-corrected chi connectivity index (χ3v) is 4.00. The van der Waals surface area contributed by atoms with E-state index in [1.54, 1.807) is 36.0 Å². The standard InChI is InChI=1S/C15H17Cl2NO3S/c1-21-15(20)13(7-8-22-2)18-14(19)6-4-10-3-5-11(16)9-12(10)17/h3-6,9,13H,7-8H2,1-2H3,(H,18,19)/b6-4+/t13-/m0/s1. The molecule has 0 spiro atoms. The maximum absolute atomic E-state index is 11.9. The van der Waals surface area contributed by atoms with Gasteiger partial charge < -0.3 is 10.1 Å². The molecule has 1 rings (SSSR count). The number of nitrogens with one attached hydrogen (secondary N) is 1. The highest BCUT2D eigenvalue weighted by Crippen LogP contribution is 2.21. The molecule has 1 aromatic carbocycles. The summed E-state index contributed by atoms with van der Waals surface area (Å²) in [6.07, 6.45) is 5.33. The first-order valence-corrected chi connectivity index (χ1v) is 8.63. The zero-order chi connectivity index (χ0) is 16.5. The molecule has 0 aliphatic heterocycles. The molecule has 0 unspecified atom stereocenters. The van der Waals surface area contributed by atoms with Gasteiger partial charge in [0.1, 0.15) is 6.04 Å². The Morgan fingerprint density at radius 3 is 2.73 bits per heavy atom. The van der Waals surface area contributed by atoms with Crippen molar-refractivity contribution in [3.8, 4) is 0 Å². The van der Waals surface area contributed by atoms with Crippen LogP contribution in [0.5, 0.6) is 0 Å². The average molecular weight is 362 g/mol. The normalized spacial score (nSPS) is 12.2. The highest BCUT2D eigenvalue weighted by atomic mass is 35.5. The Morgan fingerprint density at radius 1 is 1.41 bits per heavy atom. The molecule has 0 saturated heterocycles. The average Bonchev–Trinajstić information content (AvgIpc) is 2.49. The van der Waals surface area contributed by atoms with Crippen LogP contribution in [0, 0.1) is 0 Å². The number of methoxy groups -OCH3 is 1. The minimum Gasteiger partial charge on any atom is -0.467 e. The smallest absolute Gasteiger partial charge is 0.328 e. The molecule has 0 saturated carbocycles. The number of halogens is 2. The van der Waals surface area contributed by atoms with Crippen molar-refractivity contribution in [3.63, 3.8) is 0 Å². The molecule has 120 valence electrons. The predicted octanol–water partition coefficient (Wildman–Crippen LogP) is 3.42. The second-order valence-corrected chi connectivity index (χ2v) is 6.19. The summed E-state index contributed by atoms with van der Waals surface area (Å²) in [6, 6.07) is 4.33. The van der Waals surface area contributed by atoms with Crippen LogP contribution < -0.4 is 5.32 Å². The van der Waals surface area contributed by atoms with Crippen molar-refractivity contribution < 1.29 is 14.3 Å². The van der Waals surface area contributed by atoms with Gasteiger partial charge in [-0.1, -0.05) is 29.3 Å². The first-order valence-electron chi connectivity index (χ1n) is 6.48. The number of esters is 1. The molecule has 1 aromatic rings. The summed E-state index contributed by atoms with van der Waals surface area (Å²) in [5.74, 6) is -0.102. The third kappa shape index (κ3) is 6.30. The Kier molecular flexibility index (Phi) is 8.38. The van der Waals surface area contributed by atoms with Crippen molar-refractivity contribution >= 4 is 52.9 Å². The lowest BCUT2D eigenvalue weighted by molar-refractivity contribution is -0.144. The number of carbonyl (C=O) groups is 2. The molecule has 0 heterocycles. The minimum atomic E-state index is -0.657. The molecule has 22 heavy (non-hydrogen) atoms. The van der Waals surface area contributed by atoms with Crippen molar-refractivity contribution in [1.82, 2.24) is 5.32 Å². The number of thioether (sulfide) groups is 1. The molecule has 0 aromatic heterocycles. The second-order valence-electron chi connectivity index (χ2n) is 4.36. The molecule has 0 aliphatic rings. The first-order chi connectivity index (χ1) is 10.5. The lowest BCUT2D eigenvalue weighted by Gasteiger charge is -2.14. The summed E-state index contributed by atoms with van der Waals surface area (Å²) in [4.78, 5) is 23.5. The van der Waals surface area contributed by atoms with E-state index in [1.165, 1.54) is 13.2 Å². The van der Waals surface area contributed by atoms with Crippen molar-refractivity contribution in [3.05, 3.63) is 39.9 Å². The van der Waals surface area contributed by atoms with Gasteiger partial charge in [0, 0.05) is 16.1 Å². The number of ether oxygens (including phenoxy) is 1. The van der Waals surface area contributed by atoms with Gasteiger partial charge in [-0.15, -0.1) is 0 Å². The lowest BCUT2D eigenvalue weighted by Crippen LogP contribution is -2.41. The Morgan fingerprint density at radius 2 is 2.14 bits per heavy atom. The highest BCUT2D eigenvalue weighted by molar-refractivity contribution is 7.98. The predicted molar refractivity (Wildman–Crippen MR) is 92.4 cm³/mol. The quantitative estimate of drug-likeness (QED) is 0.597. The molecule has 0 fully saturated rings. The van der Waals surface area contributed by atoms with Gasteiger partial charge in [-0.3, -0.25) is 4.79 Å². The van der Waals surface area contributed by atoms with Gasteiger partial charge in [-0.2, -0.15) is 11.8 Å². The van der Waals surface area contributed by atoms with Crippen LogP contribution in [0.1, 0.15) is 12.0 Å². The lowest BCUT2D eigenvalue weighted by atomic mass is 10.2. The van der Waals surface area contributed by atoms with E-state index in [9.17, 15) is 9.59 Å². The van der Waals surface area contributed by atoms with Crippen LogP contribution in [-0.2, 0) is 14.3 Å². The van der Waals surface area contributed by atoms with Crippen LogP contribution in [0.25, 0.3) is 6.08 Å². The van der Waals surface area contributed by atoms with Crippen molar-refractivity contribution in [2.45, 2.75) is 12.5 Å². The molecular weight excluding hydrogens is 345 g/mol. The van der Waals surface area contributed by atoms with Crippen LogP contribution in [-0.4, -0.2) is 37.0 Å². The van der Waals surface area contributed by atoms with Gasteiger partial charge in [-0.25, -0.2) is 4.79 Å². The summed E-state index contributed by atoms with van der Waals surface area (Å²) in [6.45, 7) is 0. The maximum Gasteiger partial charge on any atom is 0.328 e. The van der Waals surface area contributed by atoms with Gasteiger partial charge in [0.25, 0.3) is 0 Å². The van der Waals surface area contributed by atoms with E-state index in [0.717, 1.165) is 5.75 Å². The Hall–Kier alpha value is -1.17. The zero-order valence-corrected chi connectivity index (χ0v) is 14.6. The molecule has 7 heteroatoms. The van der Waals surface area contributed by atoms with Crippen molar-refractivity contribution in [2.75, 3.05) is 19.1 Å². The number of hydrogen-bond donors (Lipinski definition) is 1. The van der Waals surface area contributed by atoms with Crippen LogP contribution in [0.3, 0.4) is 0 Å². The number of benzene rings is 1. The van der Waals surface area contributed by atoms with E-state index in [4.69, 9.17) is 23.2 Å². The summed E-state index contributed by atoms with van der Waals surface area (Å²) >= 11 is 13.4. The second kappa shape index (κ2) is 9.77. The number of hydrogen-bond acceptors (Lipinski definition) is 4. The van der Waals surface area contributed by atoms with E-state index in [1.807, 2.05) is 6.26 Å². The highest BCUT2D eigenvalue weighted by Gasteiger charge is 2.19. The van der Waals surface area contributed by atoms with E-state index < -0.39 is 12.0 Å². The fourth-order valence-corrected chi connectivity index (χ4v) is 2.59. The van der Waals surface area contributed by atoms with Gasteiger partial charge in [0.05, 0.1) is 7.11 Å². The van der Waals surface area contributed by atoms with Gasteiger partial charge >= 0.3 is 5.97 Å². The number of rotatable bonds is 7. The van der Waals surface area contributed by atoms with Crippen LogP contribution in [0.15, 0.2) is 24.3 Å². The summed E-state index contributed by atoms with van der Waals surface area (Å²) < 4.78 is 4.68. The number of carbonyl (C=O) groups excluding carboxylic acids is 2. The summed E-state index contributed by atoms with van der Waals surface area (Å²) in [7, 11) is 1.30. The van der Waals surface area contributed by atoms with E-state index in [0.29, 0.717) is 22.0 Å². The molecule has 0 bridgehead atoms. The molecular formula is C15H17Cl2NO3S. The SMILES string of the molecule is COC(=O)[C@H](CCSC)NC(=O)/C=C/c1ccc(Cl)cc1Cl. The third-order valence-electron chi connectivity index (χ3n) is 2.79. The summed E-state index contributed by atoms with van der Waals surface area (Å²) in [5.41, 5.74) is 0.667. The topological polar surface area (TPSA) is 55.4 Å². The fourth-order valence-electron chi connectivity index (χ4n) is 1.65. The largest absolute Gasteiger partial charge is 0.467 e. The molecule has 0 aliphatic carbocycles. The monoisotopic (exact) mass is 361 g/mol. The van der Waals surface area contributed by atoms with Gasteiger partial charge in [-0.05, 0) is 42.2 Å². The Labute approximate surface area is 144 Å². The molecule has 1 N–H and O–H groups in total. The van der Waals surface area contributed by atoms with Gasteiger partial charge in [0.2, 0.25) is 5.91 Å². The van der Waals surface area contributed by atoms with Crippen LogP contribution in [0.2, 0.25) is 10.0 Å².